The topological polar surface area (TPSA) is 18.5 Å². The molecule has 0 bridgehead atoms. The summed E-state index contributed by atoms with van der Waals surface area (Å²) in [5.41, 5.74) is 1.91. The Hall–Kier alpha value is -2.24. The van der Waals surface area contributed by atoms with Crippen LogP contribution in [0.5, 0.6) is 11.5 Å². The van der Waals surface area contributed by atoms with Crippen LogP contribution in [0.15, 0.2) is 53.9 Å². The molecule has 2 aromatic carbocycles. The lowest BCUT2D eigenvalue weighted by molar-refractivity contribution is 0.0834. The second-order valence-electron chi connectivity index (χ2n) is 7.16. The van der Waals surface area contributed by atoms with E-state index in [0.29, 0.717) is 13.2 Å². The Balaban J connectivity index is 1.65. The van der Waals surface area contributed by atoms with E-state index in [1.54, 1.807) is 35.6 Å². The molecule has 3 rings (SSSR count). The van der Waals surface area contributed by atoms with Crippen molar-refractivity contribution in [1.82, 2.24) is 0 Å². The molecular formula is C22H22F2O2S. The molecule has 2 nitrogen and oxygen atoms in total. The molecule has 5 heteroatoms. The van der Waals surface area contributed by atoms with Gasteiger partial charge >= 0.3 is 0 Å². The van der Waals surface area contributed by atoms with E-state index in [4.69, 9.17) is 9.47 Å². The van der Waals surface area contributed by atoms with E-state index in [1.165, 1.54) is 28.6 Å². The molecule has 0 radical (unpaired) electrons. The van der Waals surface area contributed by atoms with Gasteiger partial charge in [0.05, 0.1) is 13.2 Å². The van der Waals surface area contributed by atoms with Crippen molar-refractivity contribution in [3.63, 3.8) is 0 Å². The normalized spacial score (nSPS) is 11.6. The summed E-state index contributed by atoms with van der Waals surface area (Å²) < 4.78 is 39.0. The molecule has 0 aliphatic heterocycles. The molecule has 0 spiro atoms. The van der Waals surface area contributed by atoms with Gasteiger partial charge in [0, 0.05) is 10.3 Å². The number of benzene rings is 2. The van der Waals surface area contributed by atoms with E-state index in [2.05, 4.69) is 32.2 Å². The Morgan fingerprint density at radius 2 is 1.70 bits per heavy atom. The lowest BCUT2D eigenvalue weighted by Crippen LogP contribution is -2.23. The number of para-hydroxylation sites is 1. The molecule has 0 saturated heterocycles. The Labute approximate surface area is 162 Å². The van der Waals surface area contributed by atoms with Gasteiger partial charge < -0.3 is 9.47 Å². The highest BCUT2D eigenvalue weighted by Gasteiger charge is 2.22. The summed E-state index contributed by atoms with van der Waals surface area (Å²) in [5, 5.41) is 2.13. The summed E-state index contributed by atoms with van der Waals surface area (Å²) in [4.78, 5) is 1.27. The summed E-state index contributed by atoms with van der Waals surface area (Å²) in [6.45, 7) is 7.20. The van der Waals surface area contributed by atoms with Gasteiger partial charge in [0.1, 0.15) is 0 Å². The Morgan fingerprint density at radius 3 is 2.41 bits per heavy atom. The maximum absolute atomic E-state index is 14.0. The number of aryl methyl sites for hydroxylation is 1. The summed E-state index contributed by atoms with van der Waals surface area (Å²) in [5.74, 6) is -1.11. The molecule has 0 unspecified atom stereocenters. The average molecular weight is 388 g/mol. The van der Waals surface area contributed by atoms with E-state index >= 15 is 0 Å². The summed E-state index contributed by atoms with van der Waals surface area (Å²) >= 11 is 1.72. The highest BCUT2D eigenvalue weighted by molar-refractivity contribution is 7.10. The fourth-order valence-electron chi connectivity index (χ4n) is 2.64. The van der Waals surface area contributed by atoms with Gasteiger partial charge in [-0.15, -0.1) is 11.3 Å². The van der Waals surface area contributed by atoms with Gasteiger partial charge in [-0.1, -0.05) is 32.0 Å². The second kappa shape index (κ2) is 8.19. The van der Waals surface area contributed by atoms with Crippen molar-refractivity contribution in [2.75, 3.05) is 6.61 Å². The number of ether oxygens (including phenoxy) is 2. The van der Waals surface area contributed by atoms with Crippen LogP contribution >= 0.6 is 11.3 Å². The van der Waals surface area contributed by atoms with Crippen LogP contribution < -0.4 is 4.74 Å². The van der Waals surface area contributed by atoms with Gasteiger partial charge in [-0.25, -0.2) is 8.78 Å². The highest BCUT2D eigenvalue weighted by Crippen LogP contribution is 2.31. The fourth-order valence-corrected chi connectivity index (χ4v) is 3.66. The summed E-state index contributed by atoms with van der Waals surface area (Å²) in [6, 6.07) is 12.6. The predicted molar refractivity (Wildman–Crippen MR) is 105 cm³/mol. The fraction of sp³-hybridized carbons (Fsp3) is 0.273. The van der Waals surface area contributed by atoms with Crippen LogP contribution in [-0.2, 0) is 16.8 Å². The molecule has 0 aliphatic rings. The lowest BCUT2D eigenvalue weighted by atomic mass is 9.92. The Kier molecular flexibility index (Phi) is 5.92. The van der Waals surface area contributed by atoms with Gasteiger partial charge in [-0.2, -0.15) is 0 Å². The van der Waals surface area contributed by atoms with E-state index < -0.39 is 11.6 Å². The molecule has 27 heavy (non-hydrogen) atoms. The minimum Gasteiger partial charge on any atom is -0.451 e. The molecule has 0 atom stereocenters. The summed E-state index contributed by atoms with van der Waals surface area (Å²) in [7, 11) is 0. The molecule has 0 fully saturated rings. The lowest BCUT2D eigenvalue weighted by Gasteiger charge is -2.23. The van der Waals surface area contributed by atoms with E-state index in [9.17, 15) is 8.78 Å². The molecule has 0 N–H and O–H groups in total. The second-order valence-corrected chi connectivity index (χ2v) is 8.07. The van der Waals surface area contributed by atoms with E-state index in [1.807, 2.05) is 0 Å². The molecule has 1 aromatic heterocycles. The minimum atomic E-state index is -0.545. The first-order valence-corrected chi connectivity index (χ1v) is 9.57. The predicted octanol–water partition coefficient (Wildman–Crippen LogP) is 6.62. The molecule has 0 amide bonds. The van der Waals surface area contributed by atoms with Crippen LogP contribution in [0.2, 0.25) is 0 Å². The molecule has 0 aliphatic carbocycles. The molecular weight excluding hydrogens is 366 g/mol. The first-order valence-electron chi connectivity index (χ1n) is 8.69. The zero-order valence-electron chi connectivity index (χ0n) is 15.6. The van der Waals surface area contributed by atoms with E-state index in [-0.39, 0.29) is 16.9 Å². The van der Waals surface area contributed by atoms with Crippen molar-refractivity contribution >= 4 is 11.3 Å². The highest BCUT2D eigenvalue weighted by atomic mass is 32.1. The standard InChI is InChI=1S/C22H22F2O2S/c1-15-10-21(27-13-15)22(2,3)14-25-12-16-8-9-18(24)20(11-16)26-19-7-5-4-6-17(19)23/h4-11,13H,12,14H2,1-3H3. The van der Waals surface area contributed by atoms with Crippen molar-refractivity contribution in [2.24, 2.45) is 0 Å². The third-order valence-electron chi connectivity index (χ3n) is 4.18. The van der Waals surface area contributed by atoms with Crippen LogP contribution in [0, 0.1) is 18.6 Å². The van der Waals surface area contributed by atoms with Crippen LogP contribution in [0.4, 0.5) is 8.78 Å². The van der Waals surface area contributed by atoms with Crippen molar-refractivity contribution < 1.29 is 18.3 Å². The number of thiophene rings is 1. The van der Waals surface area contributed by atoms with Crippen LogP contribution in [0.1, 0.15) is 29.9 Å². The summed E-state index contributed by atoms with van der Waals surface area (Å²) in [6.07, 6.45) is 0. The van der Waals surface area contributed by atoms with Gasteiger partial charge in [-0.05, 0) is 53.8 Å². The van der Waals surface area contributed by atoms with E-state index in [0.717, 1.165) is 5.56 Å². The number of rotatable bonds is 7. The van der Waals surface area contributed by atoms with Crippen molar-refractivity contribution in [1.29, 1.82) is 0 Å². The maximum atomic E-state index is 14.0. The van der Waals surface area contributed by atoms with Gasteiger partial charge in [0.15, 0.2) is 23.1 Å². The number of hydrogen-bond donors (Lipinski definition) is 0. The van der Waals surface area contributed by atoms with Gasteiger partial charge in [0.25, 0.3) is 0 Å². The third-order valence-corrected chi connectivity index (χ3v) is 5.60. The Morgan fingerprint density at radius 1 is 0.963 bits per heavy atom. The van der Waals surface area contributed by atoms with Crippen LogP contribution in [0.3, 0.4) is 0 Å². The first-order chi connectivity index (χ1) is 12.8. The smallest absolute Gasteiger partial charge is 0.165 e. The quantitative estimate of drug-likeness (QED) is 0.453. The Bertz CT molecular complexity index is 918. The van der Waals surface area contributed by atoms with Crippen molar-refractivity contribution in [3.05, 3.63) is 81.5 Å². The van der Waals surface area contributed by atoms with Gasteiger partial charge in [-0.3, -0.25) is 0 Å². The SMILES string of the molecule is Cc1csc(C(C)(C)COCc2ccc(F)c(Oc3ccccc3F)c2)c1. The zero-order chi connectivity index (χ0) is 19.4. The van der Waals surface area contributed by atoms with Crippen LogP contribution in [0.25, 0.3) is 0 Å². The molecule has 142 valence electrons. The number of hydrogen-bond acceptors (Lipinski definition) is 3. The van der Waals surface area contributed by atoms with Crippen molar-refractivity contribution in [3.8, 4) is 11.5 Å². The molecule has 0 saturated carbocycles. The van der Waals surface area contributed by atoms with Gasteiger partial charge in [0.2, 0.25) is 0 Å². The monoisotopic (exact) mass is 388 g/mol. The van der Waals surface area contributed by atoms with Crippen LogP contribution in [-0.4, -0.2) is 6.61 Å². The number of halogens is 2. The van der Waals surface area contributed by atoms with Crippen molar-refractivity contribution in [2.45, 2.75) is 32.8 Å². The zero-order valence-corrected chi connectivity index (χ0v) is 16.4. The molecule has 3 aromatic rings. The largest absolute Gasteiger partial charge is 0.451 e. The minimum absolute atomic E-state index is 0.0105. The maximum Gasteiger partial charge on any atom is 0.165 e. The molecule has 1 heterocycles. The third kappa shape index (κ3) is 4.93. The average Bonchev–Trinajstić information content (AvgIpc) is 3.07. The first kappa shape index (κ1) is 19.5.